The molecule has 0 radical (unpaired) electrons. The Labute approximate surface area is 156 Å². The highest BCUT2D eigenvalue weighted by Gasteiger charge is 2.21. The van der Waals surface area contributed by atoms with Crippen LogP contribution >= 0.6 is 46.6 Å². The second-order valence-electron chi connectivity index (χ2n) is 4.88. The summed E-state index contributed by atoms with van der Waals surface area (Å²) in [4.78, 5) is 19.7. The Kier molecular flexibility index (Phi) is 5.08. The Morgan fingerprint density at radius 1 is 1.29 bits per heavy atom. The molecule has 0 amide bonds. The average molecular weight is 405 g/mol. The van der Waals surface area contributed by atoms with Gasteiger partial charge in [-0.05, 0) is 25.4 Å². The molecule has 24 heavy (non-hydrogen) atoms. The monoisotopic (exact) mass is 403 g/mol. The zero-order valence-corrected chi connectivity index (χ0v) is 15.7. The van der Waals surface area contributed by atoms with Gasteiger partial charge < -0.3 is 10.3 Å². The zero-order valence-electron chi connectivity index (χ0n) is 12.7. The number of nitrogens with one attached hydrogen (secondary N) is 2. The van der Waals surface area contributed by atoms with Crippen LogP contribution in [0.2, 0.25) is 15.1 Å². The van der Waals surface area contributed by atoms with Crippen molar-refractivity contribution in [2.75, 3.05) is 13.3 Å². The van der Waals surface area contributed by atoms with E-state index in [4.69, 9.17) is 34.8 Å². The van der Waals surface area contributed by atoms with Gasteiger partial charge in [0.25, 0.3) is 5.56 Å². The lowest BCUT2D eigenvalue weighted by Gasteiger charge is -2.09. The summed E-state index contributed by atoms with van der Waals surface area (Å²) in [5.74, 6) is 0.491. The number of aromatic nitrogens is 4. The fraction of sp³-hybridized carbons (Fsp3) is 0.214. The lowest BCUT2D eigenvalue weighted by atomic mass is 10.3. The van der Waals surface area contributed by atoms with Crippen LogP contribution in [0.3, 0.4) is 0 Å². The van der Waals surface area contributed by atoms with Crippen LogP contribution in [0.25, 0.3) is 16.7 Å². The van der Waals surface area contributed by atoms with E-state index >= 15 is 0 Å². The third-order valence-corrected chi connectivity index (χ3v) is 4.75. The summed E-state index contributed by atoms with van der Waals surface area (Å²) in [5.41, 5.74) is 0.558. The van der Waals surface area contributed by atoms with Crippen molar-refractivity contribution in [2.45, 2.75) is 11.6 Å². The fourth-order valence-electron chi connectivity index (χ4n) is 2.33. The van der Waals surface area contributed by atoms with Crippen molar-refractivity contribution in [1.29, 1.82) is 0 Å². The number of fused-ring (bicyclic) bond motifs is 1. The van der Waals surface area contributed by atoms with E-state index in [9.17, 15) is 4.79 Å². The number of benzene rings is 1. The van der Waals surface area contributed by atoms with Crippen LogP contribution in [0.15, 0.2) is 22.0 Å². The first kappa shape index (κ1) is 17.6. The van der Waals surface area contributed by atoms with Gasteiger partial charge in [0.05, 0.1) is 16.6 Å². The quantitative estimate of drug-likeness (QED) is 0.651. The normalized spacial score (nSPS) is 11.4. The molecule has 0 unspecified atom stereocenters. The van der Waals surface area contributed by atoms with Gasteiger partial charge in [-0.25, -0.2) is 9.67 Å². The molecule has 0 fully saturated rings. The van der Waals surface area contributed by atoms with Crippen molar-refractivity contribution in [3.05, 3.63) is 43.4 Å². The molecule has 2 heterocycles. The van der Waals surface area contributed by atoms with Crippen LogP contribution in [-0.2, 0) is 6.54 Å². The molecule has 0 aliphatic rings. The minimum Gasteiger partial charge on any atom is -0.313 e. The number of aromatic amines is 1. The third kappa shape index (κ3) is 3.02. The Morgan fingerprint density at radius 3 is 2.54 bits per heavy atom. The molecule has 2 aromatic heterocycles. The molecule has 0 saturated heterocycles. The summed E-state index contributed by atoms with van der Waals surface area (Å²) in [6.45, 7) is 0.410. The maximum absolute atomic E-state index is 12.4. The minimum absolute atomic E-state index is 0.262. The second kappa shape index (κ2) is 6.93. The first-order valence-corrected chi connectivity index (χ1v) is 9.17. The van der Waals surface area contributed by atoms with E-state index in [1.165, 1.54) is 16.4 Å². The van der Waals surface area contributed by atoms with Gasteiger partial charge in [-0.15, -0.1) is 11.8 Å². The van der Waals surface area contributed by atoms with Crippen LogP contribution in [-0.4, -0.2) is 33.1 Å². The molecule has 3 aromatic rings. The Bertz CT molecular complexity index is 961. The molecule has 10 heteroatoms. The summed E-state index contributed by atoms with van der Waals surface area (Å²) < 4.78 is 1.48. The van der Waals surface area contributed by atoms with E-state index in [0.29, 0.717) is 49.2 Å². The molecular weight excluding hydrogens is 393 g/mol. The number of rotatable bonds is 4. The summed E-state index contributed by atoms with van der Waals surface area (Å²) in [7, 11) is 1.77. The minimum atomic E-state index is -0.262. The zero-order chi connectivity index (χ0) is 17.4. The van der Waals surface area contributed by atoms with Gasteiger partial charge in [-0.1, -0.05) is 34.8 Å². The van der Waals surface area contributed by atoms with E-state index in [-0.39, 0.29) is 5.56 Å². The average Bonchev–Trinajstić information content (AvgIpc) is 2.86. The topological polar surface area (TPSA) is 75.6 Å². The van der Waals surface area contributed by atoms with Gasteiger partial charge in [-0.3, -0.25) is 4.79 Å². The lowest BCUT2D eigenvalue weighted by molar-refractivity contribution is 0.754. The van der Waals surface area contributed by atoms with Gasteiger partial charge in [0.2, 0.25) is 0 Å². The van der Waals surface area contributed by atoms with Gasteiger partial charge in [-0.2, -0.15) is 5.10 Å². The molecule has 0 bridgehead atoms. The molecule has 126 valence electrons. The highest BCUT2D eigenvalue weighted by Crippen LogP contribution is 2.34. The van der Waals surface area contributed by atoms with E-state index in [2.05, 4.69) is 20.4 Å². The second-order valence-corrected chi connectivity index (χ2v) is 6.93. The Morgan fingerprint density at radius 2 is 1.96 bits per heavy atom. The largest absolute Gasteiger partial charge is 0.313 e. The smallest absolute Gasteiger partial charge is 0.263 e. The van der Waals surface area contributed by atoms with Crippen LogP contribution in [0.5, 0.6) is 0 Å². The highest BCUT2D eigenvalue weighted by molar-refractivity contribution is 7.98. The molecule has 6 nitrogen and oxygen atoms in total. The molecule has 3 rings (SSSR count). The summed E-state index contributed by atoms with van der Waals surface area (Å²) in [6, 6.07) is 3.14. The molecule has 1 aromatic carbocycles. The number of thioether (sulfide) groups is 1. The third-order valence-electron chi connectivity index (χ3n) is 3.29. The predicted molar refractivity (Wildman–Crippen MR) is 99.1 cm³/mol. The van der Waals surface area contributed by atoms with Crippen molar-refractivity contribution in [3.63, 3.8) is 0 Å². The summed E-state index contributed by atoms with van der Waals surface area (Å²) in [6.07, 6.45) is 1.83. The number of halogens is 3. The standard InChI is InChI=1S/C14H12Cl3N5OS/c1-18-5-9-19-12-10(13(23)20-9)14(24-2)21-22(12)11-7(16)3-6(15)4-8(11)17/h3-4,18H,5H2,1-2H3,(H,19,20,23). The van der Waals surface area contributed by atoms with E-state index in [0.717, 1.165) is 0 Å². The summed E-state index contributed by atoms with van der Waals surface area (Å²) >= 11 is 19.9. The number of hydrogen-bond donors (Lipinski definition) is 2. The van der Waals surface area contributed by atoms with Crippen LogP contribution in [0.1, 0.15) is 5.82 Å². The Hall–Kier alpha value is -1.25. The van der Waals surface area contributed by atoms with Gasteiger partial charge >= 0.3 is 0 Å². The van der Waals surface area contributed by atoms with Gasteiger partial charge in [0.15, 0.2) is 5.65 Å². The van der Waals surface area contributed by atoms with Crippen molar-refractivity contribution < 1.29 is 0 Å². The van der Waals surface area contributed by atoms with Crippen molar-refractivity contribution in [3.8, 4) is 5.69 Å². The van der Waals surface area contributed by atoms with Gasteiger partial charge in [0, 0.05) is 5.02 Å². The van der Waals surface area contributed by atoms with E-state index in [1.54, 1.807) is 19.2 Å². The molecule has 0 atom stereocenters. The van der Waals surface area contributed by atoms with Crippen LogP contribution in [0.4, 0.5) is 0 Å². The van der Waals surface area contributed by atoms with Crippen LogP contribution in [0, 0.1) is 0 Å². The summed E-state index contributed by atoms with van der Waals surface area (Å²) in [5, 5.41) is 9.39. The molecular formula is C14H12Cl3N5OS. The van der Waals surface area contributed by atoms with Crippen LogP contribution < -0.4 is 10.9 Å². The van der Waals surface area contributed by atoms with Crippen molar-refractivity contribution in [2.24, 2.45) is 0 Å². The van der Waals surface area contributed by atoms with E-state index < -0.39 is 0 Å². The molecule has 0 aliphatic carbocycles. The Balaban J connectivity index is 2.39. The van der Waals surface area contributed by atoms with Gasteiger partial charge in [0.1, 0.15) is 21.9 Å². The number of H-pyrrole nitrogens is 1. The predicted octanol–water partition coefficient (Wildman–Crippen LogP) is 3.51. The molecule has 0 aliphatic heterocycles. The van der Waals surface area contributed by atoms with E-state index in [1.807, 2.05) is 6.26 Å². The number of nitrogens with zero attached hydrogens (tertiary/aromatic N) is 3. The highest BCUT2D eigenvalue weighted by atomic mass is 35.5. The van der Waals surface area contributed by atoms with Crippen molar-refractivity contribution >= 4 is 57.6 Å². The molecule has 2 N–H and O–H groups in total. The maximum atomic E-state index is 12.4. The lowest BCUT2D eigenvalue weighted by Crippen LogP contribution is -2.17. The van der Waals surface area contributed by atoms with Crippen molar-refractivity contribution in [1.82, 2.24) is 25.1 Å². The number of hydrogen-bond acceptors (Lipinski definition) is 5. The first-order valence-electron chi connectivity index (χ1n) is 6.81. The SMILES string of the molecule is CNCc1nc2c(c(SC)nn2-c2c(Cl)cc(Cl)cc2Cl)c(=O)[nH]1. The fourth-order valence-corrected chi connectivity index (χ4v) is 3.86. The molecule has 0 spiro atoms. The first-order chi connectivity index (χ1) is 11.5. The maximum Gasteiger partial charge on any atom is 0.263 e. The molecule has 0 saturated carbocycles.